The van der Waals surface area contributed by atoms with Crippen molar-refractivity contribution in [2.75, 3.05) is 4.90 Å². The highest BCUT2D eigenvalue weighted by Crippen LogP contribution is 2.52. The number of fused-ring (bicyclic) bond motifs is 6. The number of hydrogen-bond donors (Lipinski definition) is 0. The van der Waals surface area contributed by atoms with Crippen LogP contribution in [-0.2, 0) is 11.8 Å². The van der Waals surface area contributed by atoms with Gasteiger partial charge in [-0.3, -0.25) is 0 Å². The molecule has 0 aliphatic heterocycles. The Morgan fingerprint density at radius 2 is 1.02 bits per heavy atom. The number of para-hydroxylation sites is 1. The Bertz CT molecular complexity index is 2290. The van der Waals surface area contributed by atoms with E-state index in [4.69, 9.17) is 0 Å². The third-order valence-electron chi connectivity index (χ3n) is 10.3. The van der Waals surface area contributed by atoms with Crippen molar-refractivity contribution in [1.82, 2.24) is 0 Å². The molecule has 1 heteroatoms. The Balaban J connectivity index is 1.25. The maximum Gasteiger partial charge on any atom is 0.0540 e. The van der Waals surface area contributed by atoms with Crippen LogP contribution in [0.3, 0.4) is 0 Å². The Morgan fingerprint density at radius 3 is 1.85 bits per heavy atom. The molecule has 0 aromatic heterocycles. The zero-order valence-corrected chi connectivity index (χ0v) is 26.7. The summed E-state index contributed by atoms with van der Waals surface area (Å²) in [6, 6.07) is 60.3. The maximum atomic E-state index is 2.46. The molecule has 7 aromatic rings. The van der Waals surface area contributed by atoms with Crippen molar-refractivity contribution >= 4 is 17.1 Å². The molecule has 0 N–H and O–H groups in total. The number of benzene rings is 7. The molecule has 0 amide bonds. The second kappa shape index (κ2) is 10.7. The van der Waals surface area contributed by atoms with E-state index in [-0.39, 0.29) is 5.41 Å². The van der Waals surface area contributed by atoms with E-state index in [2.05, 4.69) is 183 Å². The fourth-order valence-electron chi connectivity index (χ4n) is 8.00. The Morgan fingerprint density at radius 1 is 0.426 bits per heavy atom. The van der Waals surface area contributed by atoms with E-state index in [1.165, 1.54) is 72.4 Å². The highest BCUT2D eigenvalue weighted by Gasteiger charge is 2.36. The topological polar surface area (TPSA) is 3.24 Å². The molecule has 224 valence electrons. The molecule has 0 spiro atoms. The Kier molecular flexibility index (Phi) is 6.30. The number of hydrogen-bond acceptors (Lipinski definition) is 1. The highest BCUT2D eigenvalue weighted by atomic mass is 15.1. The van der Waals surface area contributed by atoms with E-state index in [0.717, 1.165) is 17.8 Å². The van der Waals surface area contributed by atoms with Crippen molar-refractivity contribution in [3.8, 4) is 44.5 Å². The van der Waals surface area contributed by atoms with Crippen LogP contribution in [-0.4, -0.2) is 0 Å². The summed E-state index contributed by atoms with van der Waals surface area (Å²) in [4.78, 5) is 2.46. The van der Waals surface area contributed by atoms with Crippen LogP contribution < -0.4 is 4.90 Å². The van der Waals surface area contributed by atoms with Gasteiger partial charge in [-0.1, -0.05) is 147 Å². The predicted octanol–water partition coefficient (Wildman–Crippen LogP) is 12.4. The first-order chi connectivity index (χ1) is 23.1. The molecular formula is C46H35N. The van der Waals surface area contributed by atoms with E-state index in [0.29, 0.717) is 0 Å². The summed E-state index contributed by atoms with van der Waals surface area (Å²) in [6.07, 6.45) is 0.979. The molecular weight excluding hydrogens is 567 g/mol. The number of anilines is 3. The van der Waals surface area contributed by atoms with E-state index >= 15 is 0 Å². The zero-order chi connectivity index (χ0) is 31.5. The maximum absolute atomic E-state index is 2.46. The van der Waals surface area contributed by atoms with Crippen molar-refractivity contribution in [3.63, 3.8) is 0 Å². The summed E-state index contributed by atoms with van der Waals surface area (Å²) in [5, 5.41) is 0. The van der Waals surface area contributed by atoms with Gasteiger partial charge in [0.05, 0.1) is 5.69 Å². The molecule has 1 nitrogen and oxygen atoms in total. The van der Waals surface area contributed by atoms with Gasteiger partial charge in [0.25, 0.3) is 0 Å². The minimum Gasteiger partial charge on any atom is -0.310 e. The molecule has 0 atom stereocenters. The third kappa shape index (κ3) is 4.38. The summed E-state index contributed by atoms with van der Waals surface area (Å²) < 4.78 is 0. The average molecular weight is 602 g/mol. The van der Waals surface area contributed by atoms with Gasteiger partial charge in [0.15, 0.2) is 0 Å². The normalized spacial score (nSPS) is 13.4. The van der Waals surface area contributed by atoms with Crippen molar-refractivity contribution in [1.29, 1.82) is 0 Å². The van der Waals surface area contributed by atoms with Gasteiger partial charge in [0.2, 0.25) is 0 Å². The van der Waals surface area contributed by atoms with Crippen LogP contribution in [0.4, 0.5) is 17.1 Å². The van der Waals surface area contributed by atoms with Gasteiger partial charge in [-0.2, -0.15) is 0 Å². The SMILES string of the molecule is CC1(C)c2ccccc2-c2ccc(N(c3ccc(-c4ccccc4)cc3)c3ccccc3-c3cccc4c3-c3ccccc3C4)cc21. The third-order valence-corrected chi connectivity index (χ3v) is 10.3. The molecule has 7 aromatic carbocycles. The van der Waals surface area contributed by atoms with Crippen LogP contribution >= 0.6 is 0 Å². The van der Waals surface area contributed by atoms with Crippen LogP contribution in [0.1, 0.15) is 36.1 Å². The minimum atomic E-state index is -0.0890. The van der Waals surface area contributed by atoms with Crippen LogP contribution in [0.25, 0.3) is 44.5 Å². The molecule has 0 unspecified atom stereocenters. The summed E-state index contributed by atoms with van der Waals surface area (Å²) in [7, 11) is 0. The molecule has 2 aliphatic carbocycles. The van der Waals surface area contributed by atoms with Crippen molar-refractivity contribution in [2.24, 2.45) is 0 Å². The summed E-state index contributed by atoms with van der Waals surface area (Å²) in [5.74, 6) is 0. The van der Waals surface area contributed by atoms with Gasteiger partial charge < -0.3 is 4.90 Å². The summed E-state index contributed by atoms with van der Waals surface area (Å²) in [6.45, 7) is 4.72. The molecule has 0 bridgehead atoms. The van der Waals surface area contributed by atoms with E-state index in [1.807, 2.05) is 0 Å². The first kappa shape index (κ1) is 27.6. The lowest BCUT2D eigenvalue weighted by Gasteiger charge is -2.30. The standard InChI is InChI=1S/C46H35N/c1-46(2)42-21-10-8-18-38(42)39-28-27-36(30-43(39)46)47(35-25-23-32(24-26-35)31-13-4-3-5-14-31)44-22-11-9-19-40(44)41-20-12-16-34-29-33-15-6-7-17-37(33)45(34)41/h3-28,30H,29H2,1-2H3. The Hall–Kier alpha value is -5.66. The number of nitrogens with zero attached hydrogens (tertiary/aromatic N) is 1. The molecule has 47 heavy (non-hydrogen) atoms. The zero-order valence-electron chi connectivity index (χ0n) is 26.7. The van der Waals surface area contributed by atoms with Crippen molar-refractivity contribution in [3.05, 3.63) is 186 Å². The van der Waals surface area contributed by atoms with E-state index in [9.17, 15) is 0 Å². The molecule has 9 rings (SSSR count). The first-order valence-electron chi connectivity index (χ1n) is 16.6. The quantitative estimate of drug-likeness (QED) is 0.190. The Labute approximate surface area is 277 Å². The molecule has 0 heterocycles. The monoisotopic (exact) mass is 601 g/mol. The van der Waals surface area contributed by atoms with E-state index < -0.39 is 0 Å². The fourth-order valence-corrected chi connectivity index (χ4v) is 8.00. The second-order valence-corrected chi connectivity index (χ2v) is 13.3. The number of rotatable bonds is 5. The van der Waals surface area contributed by atoms with Gasteiger partial charge >= 0.3 is 0 Å². The van der Waals surface area contributed by atoms with Crippen LogP contribution in [0.2, 0.25) is 0 Å². The van der Waals surface area contributed by atoms with Crippen molar-refractivity contribution < 1.29 is 0 Å². The van der Waals surface area contributed by atoms with Crippen LogP contribution in [0.15, 0.2) is 164 Å². The predicted molar refractivity (Wildman–Crippen MR) is 198 cm³/mol. The first-order valence-corrected chi connectivity index (χ1v) is 16.6. The summed E-state index contributed by atoms with van der Waals surface area (Å²) in [5.41, 5.74) is 19.3. The van der Waals surface area contributed by atoms with Gasteiger partial charge in [-0.25, -0.2) is 0 Å². The van der Waals surface area contributed by atoms with Gasteiger partial charge in [-0.15, -0.1) is 0 Å². The van der Waals surface area contributed by atoms with Gasteiger partial charge in [0, 0.05) is 22.4 Å². The van der Waals surface area contributed by atoms with Crippen molar-refractivity contribution in [2.45, 2.75) is 25.7 Å². The van der Waals surface area contributed by atoms with Gasteiger partial charge in [-0.05, 0) is 98.0 Å². The summed E-state index contributed by atoms with van der Waals surface area (Å²) >= 11 is 0. The van der Waals surface area contributed by atoms with Crippen LogP contribution in [0, 0.1) is 0 Å². The van der Waals surface area contributed by atoms with Gasteiger partial charge in [0.1, 0.15) is 0 Å². The van der Waals surface area contributed by atoms with Crippen LogP contribution in [0.5, 0.6) is 0 Å². The molecule has 0 fully saturated rings. The lowest BCUT2D eigenvalue weighted by Crippen LogP contribution is -2.17. The average Bonchev–Trinajstić information content (AvgIpc) is 3.62. The molecule has 0 saturated carbocycles. The molecule has 2 aliphatic rings. The molecule has 0 radical (unpaired) electrons. The fraction of sp³-hybridized carbons (Fsp3) is 0.0870. The lowest BCUT2D eigenvalue weighted by molar-refractivity contribution is 0.660. The molecule has 0 saturated heterocycles. The highest BCUT2D eigenvalue weighted by molar-refractivity contribution is 5.97. The second-order valence-electron chi connectivity index (χ2n) is 13.3. The lowest BCUT2D eigenvalue weighted by atomic mass is 9.82. The smallest absolute Gasteiger partial charge is 0.0540 e. The largest absolute Gasteiger partial charge is 0.310 e. The minimum absolute atomic E-state index is 0.0890. The van der Waals surface area contributed by atoms with E-state index in [1.54, 1.807) is 0 Å².